The van der Waals surface area contributed by atoms with Gasteiger partial charge in [0.2, 0.25) is 0 Å². The Bertz CT molecular complexity index is 660. The van der Waals surface area contributed by atoms with Crippen molar-refractivity contribution in [3.05, 3.63) is 69.3 Å². The Kier molecular flexibility index (Phi) is 3.93. The smallest absolute Gasteiger partial charge is 0.292 e. The Hall–Kier alpha value is -2.50. The van der Waals surface area contributed by atoms with Gasteiger partial charge >= 0.3 is 0 Å². The van der Waals surface area contributed by atoms with Crippen LogP contribution in [0.2, 0.25) is 0 Å². The Morgan fingerprint density at radius 2 is 1.95 bits per heavy atom. The highest BCUT2D eigenvalue weighted by Crippen LogP contribution is 2.25. The Labute approximate surface area is 114 Å². The van der Waals surface area contributed by atoms with Crippen LogP contribution in [0, 0.1) is 28.7 Å². The SMILES string of the molecule is Cc1ccc(F)c(CNc2cc(F)ccc2[N+](=O)[O-])c1. The molecule has 6 heteroatoms. The van der Waals surface area contributed by atoms with Crippen molar-refractivity contribution in [3.8, 4) is 0 Å². The number of rotatable bonds is 4. The van der Waals surface area contributed by atoms with E-state index in [9.17, 15) is 18.9 Å². The molecule has 0 unspecified atom stereocenters. The molecule has 1 N–H and O–H groups in total. The second-order valence-electron chi connectivity index (χ2n) is 4.37. The lowest BCUT2D eigenvalue weighted by Gasteiger charge is -2.09. The van der Waals surface area contributed by atoms with E-state index in [1.165, 1.54) is 6.07 Å². The molecule has 20 heavy (non-hydrogen) atoms. The quantitative estimate of drug-likeness (QED) is 0.683. The van der Waals surface area contributed by atoms with Crippen molar-refractivity contribution >= 4 is 11.4 Å². The van der Waals surface area contributed by atoms with Crippen molar-refractivity contribution in [2.45, 2.75) is 13.5 Å². The predicted molar refractivity (Wildman–Crippen MR) is 71.5 cm³/mol. The first-order chi connectivity index (χ1) is 9.47. The molecule has 0 bridgehead atoms. The van der Waals surface area contributed by atoms with E-state index in [4.69, 9.17) is 0 Å². The molecule has 0 aliphatic carbocycles. The molecule has 0 amide bonds. The van der Waals surface area contributed by atoms with Gasteiger partial charge in [0.15, 0.2) is 0 Å². The molecule has 0 saturated carbocycles. The zero-order valence-electron chi connectivity index (χ0n) is 10.7. The van der Waals surface area contributed by atoms with Gasteiger partial charge in [0, 0.05) is 24.2 Å². The molecule has 0 spiro atoms. The maximum atomic E-state index is 13.6. The fourth-order valence-electron chi connectivity index (χ4n) is 1.84. The van der Waals surface area contributed by atoms with Crippen LogP contribution in [0.25, 0.3) is 0 Å². The predicted octanol–water partition coefficient (Wildman–Crippen LogP) is 3.79. The van der Waals surface area contributed by atoms with E-state index < -0.39 is 16.6 Å². The van der Waals surface area contributed by atoms with Gasteiger partial charge in [0.25, 0.3) is 5.69 Å². The Morgan fingerprint density at radius 1 is 1.20 bits per heavy atom. The standard InChI is InChI=1S/C14H12F2N2O2/c1-9-2-4-12(16)10(6-9)8-17-13-7-11(15)3-5-14(13)18(19)20/h2-7,17H,8H2,1H3. The molecular weight excluding hydrogens is 266 g/mol. The van der Waals surface area contributed by atoms with Crippen molar-refractivity contribution in [1.29, 1.82) is 0 Å². The van der Waals surface area contributed by atoms with Gasteiger partial charge in [-0.15, -0.1) is 0 Å². The highest BCUT2D eigenvalue weighted by molar-refractivity contribution is 5.61. The number of aryl methyl sites for hydroxylation is 1. The molecule has 0 radical (unpaired) electrons. The molecule has 0 heterocycles. The van der Waals surface area contributed by atoms with Crippen molar-refractivity contribution in [1.82, 2.24) is 0 Å². The summed E-state index contributed by atoms with van der Waals surface area (Å²) in [5.41, 5.74) is 1.01. The summed E-state index contributed by atoms with van der Waals surface area (Å²) in [6.07, 6.45) is 0. The molecule has 2 aromatic carbocycles. The zero-order valence-corrected chi connectivity index (χ0v) is 10.7. The average molecular weight is 278 g/mol. The van der Waals surface area contributed by atoms with E-state index in [1.807, 2.05) is 6.92 Å². The first kappa shape index (κ1) is 13.9. The lowest BCUT2D eigenvalue weighted by Crippen LogP contribution is -2.05. The molecule has 104 valence electrons. The summed E-state index contributed by atoms with van der Waals surface area (Å²) in [6.45, 7) is 1.85. The lowest BCUT2D eigenvalue weighted by atomic mass is 10.1. The van der Waals surface area contributed by atoms with Crippen molar-refractivity contribution in [3.63, 3.8) is 0 Å². The highest BCUT2D eigenvalue weighted by atomic mass is 19.1. The van der Waals surface area contributed by atoms with Gasteiger partial charge in [-0.3, -0.25) is 10.1 Å². The number of halogens is 2. The number of nitrogens with one attached hydrogen (secondary N) is 1. The molecule has 4 nitrogen and oxygen atoms in total. The molecule has 2 rings (SSSR count). The summed E-state index contributed by atoms with van der Waals surface area (Å²) in [7, 11) is 0. The summed E-state index contributed by atoms with van der Waals surface area (Å²) in [5.74, 6) is -1.01. The van der Waals surface area contributed by atoms with Gasteiger partial charge in [0.1, 0.15) is 17.3 Å². The average Bonchev–Trinajstić information content (AvgIpc) is 2.39. The van der Waals surface area contributed by atoms with Crippen molar-refractivity contribution in [2.75, 3.05) is 5.32 Å². The van der Waals surface area contributed by atoms with Gasteiger partial charge in [-0.1, -0.05) is 17.7 Å². The van der Waals surface area contributed by atoms with Crippen molar-refractivity contribution in [2.24, 2.45) is 0 Å². The summed E-state index contributed by atoms with van der Waals surface area (Å²) in [5, 5.41) is 13.5. The molecule has 0 aliphatic heterocycles. The third kappa shape index (κ3) is 3.09. The number of benzene rings is 2. The number of nitrogens with zero attached hydrogens (tertiary/aromatic N) is 1. The second-order valence-corrected chi connectivity index (χ2v) is 4.37. The third-order valence-corrected chi connectivity index (χ3v) is 2.83. The first-order valence-electron chi connectivity index (χ1n) is 5.90. The Balaban J connectivity index is 2.24. The van der Waals surface area contributed by atoms with Crippen LogP contribution in [0.1, 0.15) is 11.1 Å². The molecule has 0 saturated heterocycles. The van der Waals surface area contributed by atoms with Crippen LogP contribution in [0.15, 0.2) is 36.4 Å². The van der Waals surface area contributed by atoms with Crippen LogP contribution in [0.4, 0.5) is 20.2 Å². The molecule has 0 fully saturated rings. The van der Waals surface area contributed by atoms with Crippen LogP contribution in [-0.2, 0) is 6.54 Å². The Morgan fingerprint density at radius 3 is 2.65 bits per heavy atom. The molecular formula is C14H12F2N2O2. The first-order valence-corrected chi connectivity index (χ1v) is 5.90. The number of hydrogen-bond acceptors (Lipinski definition) is 3. The van der Waals surface area contributed by atoms with E-state index in [0.29, 0.717) is 5.56 Å². The number of nitro groups is 1. The van der Waals surface area contributed by atoms with Crippen LogP contribution in [0.3, 0.4) is 0 Å². The summed E-state index contributed by atoms with van der Waals surface area (Å²) >= 11 is 0. The van der Waals surface area contributed by atoms with Crippen LogP contribution in [-0.4, -0.2) is 4.92 Å². The van der Waals surface area contributed by atoms with Crippen LogP contribution < -0.4 is 5.32 Å². The van der Waals surface area contributed by atoms with Gasteiger partial charge < -0.3 is 5.32 Å². The molecule has 0 aromatic heterocycles. The minimum absolute atomic E-state index is 0.0240. The molecule has 2 aromatic rings. The topological polar surface area (TPSA) is 55.2 Å². The minimum Gasteiger partial charge on any atom is -0.375 e. The number of anilines is 1. The normalized spacial score (nSPS) is 10.3. The summed E-state index contributed by atoms with van der Waals surface area (Å²) < 4.78 is 26.7. The minimum atomic E-state index is -0.617. The highest BCUT2D eigenvalue weighted by Gasteiger charge is 2.14. The fraction of sp³-hybridized carbons (Fsp3) is 0.143. The number of hydrogen-bond donors (Lipinski definition) is 1. The van der Waals surface area contributed by atoms with Crippen LogP contribution >= 0.6 is 0 Å². The lowest BCUT2D eigenvalue weighted by molar-refractivity contribution is -0.384. The van der Waals surface area contributed by atoms with E-state index in [-0.39, 0.29) is 17.9 Å². The third-order valence-electron chi connectivity index (χ3n) is 2.83. The molecule has 0 atom stereocenters. The van der Waals surface area contributed by atoms with E-state index >= 15 is 0 Å². The maximum Gasteiger partial charge on any atom is 0.292 e. The van der Waals surface area contributed by atoms with E-state index in [0.717, 1.165) is 23.8 Å². The van der Waals surface area contributed by atoms with Gasteiger partial charge in [-0.2, -0.15) is 0 Å². The van der Waals surface area contributed by atoms with Crippen LogP contribution in [0.5, 0.6) is 0 Å². The van der Waals surface area contributed by atoms with Gasteiger partial charge in [-0.25, -0.2) is 8.78 Å². The van der Waals surface area contributed by atoms with Gasteiger partial charge in [-0.05, 0) is 19.1 Å². The van der Waals surface area contributed by atoms with E-state index in [1.54, 1.807) is 12.1 Å². The van der Waals surface area contributed by atoms with Crippen molar-refractivity contribution < 1.29 is 13.7 Å². The molecule has 0 aliphatic rings. The maximum absolute atomic E-state index is 13.6. The monoisotopic (exact) mass is 278 g/mol. The fourth-order valence-corrected chi connectivity index (χ4v) is 1.84. The van der Waals surface area contributed by atoms with E-state index in [2.05, 4.69) is 5.32 Å². The zero-order chi connectivity index (χ0) is 14.7. The summed E-state index contributed by atoms with van der Waals surface area (Å²) in [4.78, 5) is 10.2. The second kappa shape index (κ2) is 5.64. The summed E-state index contributed by atoms with van der Waals surface area (Å²) in [6, 6.07) is 7.69. The van der Waals surface area contributed by atoms with Gasteiger partial charge in [0.05, 0.1) is 4.92 Å². The largest absolute Gasteiger partial charge is 0.375 e. The number of nitro benzene ring substituents is 1.